The standard InChI is InChI=1S/C17H23N3/c1-3-9-18-16(17-8-10-19-20(17)2)12-14-11-13-6-4-5-7-15(13)14/h4-8,10,14,16,18H,3,9,11-12H2,1-2H3. The summed E-state index contributed by atoms with van der Waals surface area (Å²) in [5.74, 6) is 0.690. The van der Waals surface area contributed by atoms with Crippen molar-refractivity contribution in [2.75, 3.05) is 6.54 Å². The molecule has 0 fully saturated rings. The van der Waals surface area contributed by atoms with Crippen LogP contribution in [0, 0.1) is 0 Å². The molecule has 1 aliphatic rings. The molecule has 0 bridgehead atoms. The van der Waals surface area contributed by atoms with Crippen LogP contribution in [0.1, 0.15) is 48.5 Å². The van der Waals surface area contributed by atoms with Crippen molar-refractivity contribution in [1.82, 2.24) is 15.1 Å². The molecule has 0 amide bonds. The van der Waals surface area contributed by atoms with Crippen LogP contribution in [-0.2, 0) is 13.5 Å². The largest absolute Gasteiger partial charge is 0.309 e. The highest BCUT2D eigenvalue weighted by Crippen LogP contribution is 2.40. The highest BCUT2D eigenvalue weighted by molar-refractivity contribution is 5.40. The molecular weight excluding hydrogens is 246 g/mol. The first-order valence-corrected chi connectivity index (χ1v) is 7.58. The van der Waals surface area contributed by atoms with E-state index < -0.39 is 0 Å². The number of fused-ring (bicyclic) bond motifs is 1. The Morgan fingerprint density at radius 3 is 2.90 bits per heavy atom. The first kappa shape index (κ1) is 13.4. The second kappa shape index (κ2) is 5.80. The van der Waals surface area contributed by atoms with E-state index in [0.717, 1.165) is 19.4 Å². The summed E-state index contributed by atoms with van der Waals surface area (Å²) in [4.78, 5) is 0. The number of nitrogens with one attached hydrogen (secondary N) is 1. The molecule has 0 spiro atoms. The Bertz CT molecular complexity index is 573. The number of hydrogen-bond acceptors (Lipinski definition) is 2. The van der Waals surface area contributed by atoms with Gasteiger partial charge >= 0.3 is 0 Å². The lowest BCUT2D eigenvalue weighted by atomic mass is 9.74. The minimum Gasteiger partial charge on any atom is -0.309 e. The van der Waals surface area contributed by atoms with Gasteiger partial charge in [-0.2, -0.15) is 5.10 Å². The second-order valence-electron chi connectivity index (χ2n) is 5.72. The van der Waals surface area contributed by atoms with E-state index in [1.807, 2.05) is 17.9 Å². The minimum absolute atomic E-state index is 0.404. The van der Waals surface area contributed by atoms with Crippen molar-refractivity contribution in [3.8, 4) is 0 Å². The molecule has 1 heterocycles. The van der Waals surface area contributed by atoms with Gasteiger partial charge in [-0.25, -0.2) is 0 Å². The Balaban J connectivity index is 1.73. The molecule has 3 nitrogen and oxygen atoms in total. The van der Waals surface area contributed by atoms with Crippen molar-refractivity contribution in [2.24, 2.45) is 7.05 Å². The van der Waals surface area contributed by atoms with Gasteiger partial charge in [-0.05, 0) is 48.9 Å². The fraction of sp³-hybridized carbons (Fsp3) is 0.471. The summed E-state index contributed by atoms with van der Waals surface area (Å²) >= 11 is 0. The number of aromatic nitrogens is 2. The van der Waals surface area contributed by atoms with Crippen LogP contribution in [0.5, 0.6) is 0 Å². The normalized spacial score (nSPS) is 18.4. The van der Waals surface area contributed by atoms with E-state index in [1.165, 1.54) is 23.2 Å². The summed E-state index contributed by atoms with van der Waals surface area (Å²) in [5, 5.41) is 8.00. The molecule has 1 aliphatic carbocycles. The number of hydrogen-bond donors (Lipinski definition) is 1. The average Bonchev–Trinajstić information content (AvgIpc) is 2.86. The molecule has 2 unspecified atom stereocenters. The molecule has 0 saturated carbocycles. The lowest BCUT2D eigenvalue weighted by molar-refractivity contribution is 0.409. The lowest BCUT2D eigenvalue weighted by Gasteiger charge is -2.33. The molecule has 0 radical (unpaired) electrons. The highest BCUT2D eigenvalue weighted by atomic mass is 15.3. The summed E-state index contributed by atoms with van der Waals surface area (Å²) in [5.41, 5.74) is 4.36. The van der Waals surface area contributed by atoms with Gasteiger partial charge in [-0.1, -0.05) is 31.2 Å². The third-order valence-electron chi connectivity index (χ3n) is 4.34. The first-order valence-electron chi connectivity index (χ1n) is 7.58. The highest BCUT2D eigenvalue weighted by Gasteiger charge is 2.29. The van der Waals surface area contributed by atoms with Gasteiger partial charge in [0.15, 0.2) is 0 Å². The molecule has 1 aromatic heterocycles. The number of nitrogens with zero attached hydrogens (tertiary/aromatic N) is 2. The zero-order chi connectivity index (χ0) is 13.9. The molecular formula is C17H23N3. The summed E-state index contributed by atoms with van der Waals surface area (Å²) < 4.78 is 2.00. The number of rotatable bonds is 6. The van der Waals surface area contributed by atoms with Gasteiger partial charge < -0.3 is 5.32 Å². The zero-order valence-corrected chi connectivity index (χ0v) is 12.3. The maximum absolute atomic E-state index is 4.32. The first-order chi connectivity index (χ1) is 9.79. The molecule has 2 aromatic rings. The van der Waals surface area contributed by atoms with Crippen molar-refractivity contribution in [1.29, 1.82) is 0 Å². The Labute approximate surface area is 121 Å². The molecule has 106 valence electrons. The fourth-order valence-corrected chi connectivity index (χ4v) is 3.21. The molecule has 3 heteroatoms. The maximum atomic E-state index is 4.32. The predicted molar refractivity (Wildman–Crippen MR) is 81.7 cm³/mol. The average molecular weight is 269 g/mol. The molecule has 0 aliphatic heterocycles. The van der Waals surface area contributed by atoms with E-state index in [4.69, 9.17) is 0 Å². The van der Waals surface area contributed by atoms with Crippen LogP contribution in [0.4, 0.5) is 0 Å². The van der Waals surface area contributed by atoms with Gasteiger partial charge in [0.05, 0.1) is 5.69 Å². The van der Waals surface area contributed by atoms with Gasteiger partial charge in [-0.15, -0.1) is 0 Å². The van der Waals surface area contributed by atoms with E-state index >= 15 is 0 Å². The van der Waals surface area contributed by atoms with Crippen LogP contribution in [0.2, 0.25) is 0 Å². The van der Waals surface area contributed by atoms with Crippen LogP contribution in [-0.4, -0.2) is 16.3 Å². The van der Waals surface area contributed by atoms with Crippen LogP contribution in [0.3, 0.4) is 0 Å². The van der Waals surface area contributed by atoms with Gasteiger partial charge in [0.1, 0.15) is 0 Å². The molecule has 2 atom stereocenters. The minimum atomic E-state index is 0.404. The van der Waals surface area contributed by atoms with Crippen LogP contribution >= 0.6 is 0 Å². The fourth-order valence-electron chi connectivity index (χ4n) is 3.21. The SMILES string of the molecule is CCCNC(CC1Cc2ccccc21)c1ccnn1C. The van der Waals surface area contributed by atoms with E-state index in [0.29, 0.717) is 12.0 Å². The van der Waals surface area contributed by atoms with Gasteiger partial charge in [0, 0.05) is 19.3 Å². The van der Waals surface area contributed by atoms with E-state index in [-0.39, 0.29) is 0 Å². The van der Waals surface area contributed by atoms with Crippen LogP contribution in [0.15, 0.2) is 36.5 Å². The van der Waals surface area contributed by atoms with E-state index in [9.17, 15) is 0 Å². The van der Waals surface area contributed by atoms with E-state index in [1.54, 1.807) is 0 Å². The topological polar surface area (TPSA) is 29.9 Å². The lowest BCUT2D eigenvalue weighted by Crippen LogP contribution is -2.29. The summed E-state index contributed by atoms with van der Waals surface area (Å²) in [7, 11) is 2.03. The molecule has 1 N–H and O–H groups in total. The number of aryl methyl sites for hydroxylation is 1. The monoisotopic (exact) mass is 269 g/mol. The summed E-state index contributed by atoms with van der Waals surface area (Å²) in [6.45, 7) is 3.27. The van der Waals surface area contributed by atoms with E-state index in [2.05, 4.69) is 47.7 Å². The third kappa shape index (κ3) is 2.50. The molecule has 3 rings (SSSR count). The van der Waals surface area contributed by atoms with Crippen LogP contribution in [0.25, 0.3) is 0 Å². The van der Waals surface area contributed by atoms with Crippen molar-refractivity contribution >= 4 is 0 Å². The number of benzene rings is 1. The maximum Gasteiger partial charge on any atom is 0.0550 e. The Kier molecular flexibility index (Phi) is 3.88. The Hall–Kier alpha value is -1.61. The van der Waals surface area contributed by atoms with Crippen LogP contribution < -0.4 is 5.32 Å². The molecule has 20 heavy (non-hydrogen) atoms. The Morgan fingerprint density at radius 1 is 1.35 bits per heavy atom. The zero-order valence-electron chi connectivity index (χ0n) is 12.3. The van der Waals surface area contributed by atoms with Crippen molar-refractivity contribution in [3.05, 3.63) is 53.3 Å². The van der Waals surface area contributed by atoms with Gasteiger partial charge in [0.25, 0.3) is 0 Å². The smallest absolute Gasteiger partial charge is 0.0550 e. The quantitative estimate of drug-likeness (QED) is 0.873. The van der Waals surface area contributed by atoms with Gasteiger partial charge in [-0.3, -0.25) is 4.68 Å². The van der Waals surface area contributed by atoms with Crippen molar-refractivity contribution < 1.29 is 0 Å². The van der Waals surface area contributed by atoms with Crippen molar-refractivity contribution in [3.63, 3.8) is 0 Å². The Morgan fingerprint density at radius 2 is 2.20 bits per heavy atom. The molecule has 0 saturated heterocycles. The van der Waals surface area contributed by atoms with Crippen molar-refractivity contribution in [2.45, 2.75) is 38.1 Å². The summed E-state index contributed by atoms with van der Waals surface area (Å²) in [6.07, 6.45) is 5.44. The molecule has 1 aromatic carbocycles. The predicted octanol–water partition coefficient (Wildman–Crippen LogP) is 3.19. The van der Waals surface area contributed by atoms with Gasteiger partial charge in [0.2, 0.25) is 0 Å². The summed E-state index contributed by atoms with van der Waals surface area (Å²) in [6, 6.07) is 11.4. The third-order valence-corrected chi connectivity index (χ3v) is 4.34. The second-order valence-corrected chi connectivity index (χ2v) is 5.72.